The molecule has 0 radical (unpaired) electrons. The van der Waals surface area contributed by atoms with Gasteiger partial charge in [-0.15, -0.1) is 0 Å². The van der Waals surface area contributed by atoms with Gasteiger partial charge in [-0.3, -0.25) is 10.00 Å². The first kappa shape index (κ1) is 12.9. The van der Waals surface area contributed by atoms with Gasteiger partial charge in [-0.05, 0) is 18.6 Å². The third-order valence-electron chi connectivity index (χ3n) is 3.97. The van der Waals surface area contributed by atoms with E-state index in [1.807, 2.05) is 0 Å². The molecule has 3 rings (SSSR count). The molecule has 3 heterocycles. The Labute approximate surface area is 117 Å². The average Bonchev–Trinajstić information content (AvgIpc) is 3.06. The molecule has 0 spiro atoms. The summed E-state index contributed by atoms with van der Waals surface area (Å²) >= 11 is 0. The van der Waals surface area contributed by atoms with Crippen LogP contribution in [-0.2, 0) is 13.1 Å². The van der Waals surface area contributed by atoms with E-state index in [9.17, 15) is 4.79 Å². The highest BCUT2D eigenvalue weighted by atomic mass is 16.4. The predicted molar refractivity (Wildman–Crippen MR) is 73.4 cm³/mol. The van der Waals surface area contributed by atoms with Gasteiger partial charge in [0, 0.05) is 37.1 Å². The Balaban J connectivity index is 1.84. The maximum atomic E-state index is 11.1. The van der Waals surface area contributed by atoms with Crippen molar-refractivity contribution < 1.29 is 9.90 Å². The Morgan fingerprint density at radius 1 is 1.55 bits per heavy atom. The second kappa shape index (κ2) is 5.13. The number of hydrogen-bond acceptors (Lipinski definition) is 3. The maximum Gasteiger partial charge on any atom is 0.354 e. The largest absolute Gasteiger partial charge is 0.477 e. The van der Waals surface area contributed by atoms with E-state index in [4.69, 9.17) is 5.11 Å². The van der Waals surface area contributed by atoms with Gasteiger partial charge in [0.25, 0.3) is 0 Å². The smallest absolute Gasteiger partial charge is 0.354 e. The number of carboxylic acids is 1. The van der Waals surface area contributed by atoms with Crippen molar-refractivity contribution in [3.8, 4) is 0 Å². The molecule has 2 N–H and O–H groups in total. The van der Waals surface area contributed by atoms with Crippen LogP contribution in [-0.4, -0.2) is 37.3 Å². The fourth-order valence-corrected chi connectivity index (χ4v) is 3.00. The number of carboxylic acid groups (broad SMARTS) is 1. The summed E-state index contributed by atoms with van der Waals surface area (Å²) in [5, 5.41) is 15.6. The quantitative estimate of drug-likeness (QED) is 0.892. The van der Waals surface area contributed by atoms with E-state index in [1.54, 1.807) is 6.20 Å². The molecule has 6 heteroatoms. The molecule has 0 unspecified atom stereocenters. The molecule has 0 fully saturated rings. The fourth-order valence-electron chi connectivity index (χ4n) is 3.00. The van der Waals surface area contributed by atoms with Crippen LogP contribution in [0.15, 0.2) is 24.5 Å². The van der Waals surface area contributed by atoms with Crippen molar-refractivity contribution in [1.29, 1.82) is 0 Å². The van der Waals surface area contributed by atoms with Crippen molar-refractivity contribution in [2.24, 2.45) is 0 Å². The third kappa shape index (κ3) is 2.12. The highest BCUT2D eigenvalue weighted by molar-refractivity contribution is 5.86. The SMILES string of the molecule is CC[C@H]1c2cccn2CCN1Cc1cn[nH]c1C(=O)O. The number of rotatable bonds is 4. The van der Waals surface area contributed by atoms with Crippen LogP contribution in [0.3, 0.4) is 0 Å². The summed E-state index contributed by atoms with van der Waals surface area (Å²) in [7, 11) is 0. The lowest BCUT2D eigenvalue weighted by Crippen LogP contribution is -2.37. The van der Waals surface area contributed by atoms with Crippen LogP contribution in [0, 0.1) is 0 Å². The molecule has 2 aromatic heterocycles. The van der Waals surface area contributed by atoms with Gasteiger partial charge in [0.15, 0.2) is 0 Å². The number of aromatic amines is 1. The number of nitrogens with zero attached hydrogens (tertiary/aromatic N) is 3. The van der Waals surface area contributed by atoms with Gasteiger partial charge in [-0.1, -0.05) is 6.92 Å². The van der Waals surface area contributed by atoms with Gasteiger partial charge in [0.2, 0.25) is 0 Å². The van der Waals surface area contributed by atoms with Gasteiger partial charge < -0.3 is 9.67 Å². The fraction of sp³-hybridized carbons (Fsp3) is 0.429. The van der Waals surface area contributed by atoms with Crippen LogP contribution in [0.5, 0.6) is 0 Å². The van der Waals surface area contributed by atoms with Gasteiger partial charge in [-0.25, -0.2) is 4.79 Å². The Morgan fingerprint density at radius 2 is 2.40 bits per heavy atom. The monoisotopic (exact) mass is 274 g/mol. The zero-order chi connectivity index (χ0) is 14.1. The van der Waals surface area contributed by atoms with Crippen LogP contribution in [0.1, 0.15) is 41.1 Å². The minimum absolute atomic E-state index is 0.195. The molecule has 1 aliphatic heterocycles. The van der Waals surface area contributed by atoms with E-state index >= 15 is 0 Å². The molecule has 0 saturated heterocycles. The lowest BCUT2D eigenvalue weighted by atomic mass is 10.1. The molecule has 1 aliphatic rings. The second-order valence-electron chi connectivity index (χ2n) is 5.10. The van der Waals surface area contributed by atoms with Gasteiger partial charge in [0.1, 0.15) is 5.69 Å². The first-order valence-corrected chi connectivity index (χ1v) is 6.85. The molecule has 1 atom stereocenters. The van der Waals surface area contributed by atoms with Crippen molar-refractivity contribution in [2.45, 2.75) is 32.5 Å². The normalized spacial score (nSPS) is 18.9. The second-order valence-corrected chi connectivity index (χ2v) is 5.10. The summed E-state index contributed by atoms with van der Waals surface area (Å²) in [6.45, 7) is 4.64. The topological polar surface area (TPSA) is 74.2 Å². The average molecular weight is 274 g/mol. The summed E-state index contributed by atoms with van der Waals surface area (Å²) in [4.78, 5) is 13.5. The number of H-pyrrole nitrogens is 1. The molecule has 106 valence electrons. The predicted octanol–water partition coefficient (Wildman–Crippen LogP) is 1.88. The van der Waals surface area contributed by atoms with E-state index in [2.05, 4.69) is 44.9 Å². The number of aromatic nitrogens is 3. The molecule has 20 heavy (non-hydrogen) atoms. The first-order chi connectivity index (χ1) is 9.70. The maximum absolute atomic E-state index is 11.1. The summed E-state index contributed by atoms with van der Waals surface area (Å²) in [6, 6.07) is 4.55. The molecule has 0 aliphatic carbocycles. The van der Waals surface area contributed by atoms with Crippen molar-refractivity contribution in [1.82, 2.24) is 19.7 Å². The molecule has 2 aromatic rings. The van der Waals surface area contributed by atoms with Crippen molar-refractivity contribution in [3.63, 3.8) is 0 Å². The Bertz CT molecular complexity index is 616. The molecule has 0 bridgehead atoms. The lowest BCUT2D eigenvalue weighted by Gasteiger charge is -2.36. The van der Waals surface area contributed by atoms with Crippen molar-refractivity contribution in [3.05, 3.63) is 41.5 Å². The van der Waals surface area contributed by atoms with E-state index in [1.165, 1.54) is 5.69 Å². The van der Waals surface area contributed by atoms with Crippen LogP contribution < -0.4 is 0 Å². The molecular formula is C14H18N4O2. The Hall–Kier alpha value is -2.08. The zero-order valence-electron chi connectivity index (χ0n) is 11.4. The van der Waals surface area contributed by atoms with Gasteiger partial charge in [0.05, 0.1) is 12.2 Å². The van der Waals surface area contributed by atoms with E-state index in [0.717, 1.165) is 25.1 Å². The molecular weight excluding hydrogens is 256 g/mol. The Morgan fingerprint density at radius 3 is 3.15 bits per heavy atom. The van der Waals surface area contributed by atoms with Gasteiger partial charge >= 0.3 is 5.97 Å². The first-order valence-electron chi connectivity index (χ1n) is 6.85. The summed E-state index contributed by atoms with van der Waals surface area (Å²) in [5.41, 5.74) is 2.25. The van der Waals surface area contributed by atoms with Gasteiger partial charge in [-0.2, -0.15) is 5.10 Å². The summed E-state index contributed by atoms with van der Waals surface area (Å²) in [6.07, 6.45) is 4.73. The van der Waals surface area contributed by atoms with E-state index in [-0.39, 0.29) is 5.69 Å². The number of nitrogens with one attached hydrogen (secondary N) is 1. The van der Waals surface area contributed by atoms with Crippen molar-refractivity contribution >= 4 is 5.97 Å². The molecule has 0 saturated carbocycles. The van der Waals surface area contributed by atoms with Crippen LogP contribution in [0.25, 0.3) is 0 Å². The van der Waals surface area contributed by atoms with Crippen LogP contribution in [0.4, 0.5) is 0 Å². The highest BCUT2D eigenvalue weighted by Crippen LogP contribution is 2.30. The van der Waals surface area contributed by atoms with Crippen molar-refractivity contribution in [2.75, 3.05) is 6.54 Å². The minimum Gasteiger partial charge on any atom is -0.477 e. The minimum atomic E-state index is -0.953. The number of hydrogen-bond donors (Lipinski definition) is 2. The summed E-state index contributed by atoms with van der Waals surface area (Å²) in [5.74, 6) is -0.953. The Kier molecular flexibility index (Phi) is 3.31. The zero-order valence-corrected chi connectivity index (χ0v) is 11.4. The lowest BCUT2D eigenvalue weighted by molar-refractivity contribution is 0.0686. The molecule has 0 amide bonds. The number of aromatic carboxylic acids is 1. The highest BCUT2D eigenvalue weighted by Gasteiger charge is 2.27. The van der Waals surface area contributed by atoms with E-state index in [0.29, 0.717) is 12.6 Å². The third-order valence-corrected chi connectivity index (χ3v) is 3.97. The summed E-state index contributed by atoms with van der Waals surface area (Å²) < 4.78 is 2.28. The standard InChI is InChI=1S/C14H18N4O2/c1-2-11-12-4-3-5-17(12)6-7-18(11)9-10-8-15-16-13(10)14(19)20/h3-5,8,11H,2,6-7,9H2,1H3,(H,15,16)(H,19,20)/t11-/m0/s1. The number of carbonyl (C=O) groups is 1. The molecule has 6 nitrogen and oxygen atoms in total. The molecule has 0 aromatic carbocycles. The van der Waals surface area contributed by atoms with Crippen LogP contribution >= 0.6 is 0 Å². The van der Waals surface area contributed by atoms with Crippen LogP contribution in [0.2, 0.25) is 0 Å². The number of fused-ring (bicyclic) bond motifs is 1. The van der Waals surface area contributed by atoms with E-state index < -0.39 is 5.97 Å².